The Balaban J connectivity index is 1.75. The van der Waals surface area contributed by atoms with E-state index in [0.29, 0.717) is 10.8 Å². The molecule has 0 aliphatic carbocycles. The zero-order valence-corrected chi connectivity index (χ0v) is 14.8. The summed E-state index contributed by atoms with van der Waals surface area (Å²) in [6.07, 6.45) is 0. The molecule has 0 aromatic heterocycles. The quantitative estimate of drug-likeness (QED) is 0.231. The number of amides is 1. The van der Waals surface area contributed by atoms with Crippen LogP contribution in [0.1, 0.15) is 10.4 Å². The number of halogens is 1. The first-order valence-electron chi connectivity index (χ1n) is 7.73. The molecule has 0 radical (unpaired) electrons. The summed E-state index contributed by atoms with van der Waals surface area (Å²) in [7, 11) is 0. The molecule has 0 saturated carbocycles. The summed E-state index contributed by atoms with van der Waals surface area (Å²) in [4.78, 5) is 33.7. The van der Waals surface area contributed by atoms with Crippen LogP contribution in [0.2, 0.25) is 5.02 Å². The van der Waals surface area contributed by atoms with Gasteiger partial charge < -0.3 is 20.5 Å². The maximum atomic E-state index is 11.9. The lowest BCUT2D eigenvalue weighted by molar-refractivity contribution is -0.384. The number of nitrogen functional groups attached to an aromatic ring is 1. The van der Waals surface area contributed by atoms with Crippen molar-refractivity contribution in [3.63, 3.8) is 0 Å². The topological polar surface area (TPSA) is 134 Å². The number of rotatable bonds is 8. The van der Waals surface area contributed by atoms with Gasteiger partial charge in [0.2, 0.25) is 0 Å². The summed E-state index contributed by atoms with van der Waals surface area (Å²) in [6, 6.07) is 10.1. The normalized spacial score (nSPS) is 10.1. The van der Waals surface area contributed by atoms with Gasteiger partial charge in [0.15, 0.2) is 6.61 Å². The standard InChI is InChI=1S/C17H16ClN3O6/c18-11-1-4-13(5-2-11)26-8-7-20-16(22)10-27-17(23)14-9-12(21(24)25)3-6-15(14)19/h1-6,9H,7-8,10,19H2,(H,20,22). The lowest BCUT2D eigenvalue weighted by Gasteiger charge is -2.09. The number of hydrogen-bond acceptors (Lipinski definition) is 7. The number of carbonyl (C=O) groups excluding carboxylic acids is 2. The highest BCUT2D eigenvalue weighted by Gasteiger charge is 2.17. The number of hydrogen-bond donors (Lipinski definition) is 2. The second kappa shape index (κ2) is 9.39. The molecule has 0 bridgehead atoms. The van der Waals surface area contributed by atoms with E-state index < -0.39 is 23.4 Å². The number of anilines is 1. The van der Waals surface area contributed by atoms with Crippen molar-refractivity contribution in [2.75, 3.05) is 25.5 Å². The fourth-order valence-corrected chi connectivity index (χ4v) is 2.11. The van der Waals surface area contributed by atoms with Gasteiger partial charge in [-0.15, -0.1) is 0 Å². The molecule has 142 valence electrons. The number of ether oxygens (including phenoxy) is 2. The van der Waals surface area contributed by atoms with E-state index in [2.05, 4.69) is 5.32 Å². The van der Waals surface area contributed by atoms with Gasteiger partial charge in [-0.25, -0.2) is 4.79 Å². The first-order chi connectivity index (χ1) is 12.9. The number of nitrogens with zero attached hydrogens (tertiary/aromatic N) is 1. The third kappa shape index (κ3) is 6.15. The number of non-ortho nitro benzene ring substituents is 1. The minimum absolute atomic E-state index is 0.0161. The highest BCUT2D eigenvalue weighted by molar-refractivity contribution is 6.30. The van der Waals surface area contributed by atoms with Crippen LogP contribution < -0.4 is 15.8 Å². The summed E-state index contributed by atoms with van der Waals surface area (Å²) in [5, 5.41) is 13.8. The van der Waals surface area contributed by atoms with Crippen LogP contribution in [0.4, 0.5) is 11.4 Å². The molecular weight excluding hydrogens is 378 g/mol. The molecule has 1 amide bonds. The number of benzene rings is 2. The molecule has 2 aromatic rings. The Kier molecular flexibility index (Phi) is 6.95. The van der Waals surface area contributed by atoms with Crippen molar-refractivity contribution in [2.45, 2.75) is 0 Å². The molecule has 0 heterocycles. The van der Waals surface area contributed by atoms with Gasteiger partial charge in [0, 0.05) is 22.8 Å². The first kappa shape index (κ1) is 20.0. The number of esters is 1. The van der Waals surface area contributed by atoms with Crippen molar-refractivity contribution >= 4 is 34.9 Å². The van der Waals surface area contributed by atoms with Gasteiger partial charge in [-0.05, 0) is 30.3 Å². The second-order valence-corrected chi connectivity index (χ2v) is 5.69. The maximum Gasteiger partial charge on any atom is 0.341 e. The summed E-state index contributed by atoms with van der Waals surface area (Å²) >= 11 is 5.76. The van der Waals surface area contributed by atoms with Crippen molar-refractivity contribution in [3.8, 4) is 5.75 Å². The molecule has 27 heavy (non-hydrogen) atoms. The van der Waals surface area contributed by atoms with E-state index >= 15 is 0 Å². The van der Waals surface area contributed by atoms with Crippen LogP contribution in [-0.4, -0.2) is 36.6 Å². The minimum atomic E-state index is -0.927. The van der Waals surface area contributed by atoms with Gasteiger partial charge in [0.25, 0.3) is 11.6 Å². The van der Waals surface area contributed by atoms with E-state index in [1.165, 1.54) is 12.1 Å². The molecule has 0 saturated heterocycles. The molecule has 0 fully saturated rings. The lowest BCUT2D eigenvalue weighted by atomic mass is 10.1. The van der Waals surface area contributed by atoms with E-state index in [1.54, 1.807) is 24.3 Å². The molecule has 0 aliphatic heterocycles. The van der Waals surface area contributed by atoms with E-state index in [0.717, 1.165) is 6.07 Å². The van der Waals surface area contributed by atoms with E-state index in [-0.39, 0.29) is 30.1 Å². The van der Waals surface area contributed by atoms with Crippen molar-refractivity contribution < 1.29 is 24.0 Å². The van der Waals surface area contributed by atoms with Gasteiger partial charge in [0.1, 0.15) is 12.4 Å². The second-order valence-electron chi connectivity index (χ2n) is 5.26. The average Bonchev–Trinajstić information content (AvgIpc) is 2.65. The van der Waals surface area contributed by atoms with Gasteiger partial charge in [-0.1, -0.05) is 11.6 Å². The predicted molar refractivity (Wildman–Crippen MR) is 97.7 cm³/mol. The molecule has 0 atom stereocenters. The van der Waals surface area contributed by atoms with Crippen LogP contribution in [0.25, 0.3) is 0 Å². The monoisotopic (exact) mass is 393 g/mol. The summed E-state index contributed by atoms with van der Waals surface area (Å²) in [6.45, 7) is -0.154. The summed E-state index contributed by atoms with van der Waals surface area (Å²) < 4.78 is 10.2. The highest BCUT2D eigenvalue weighted by atomic mass is 35.5. The number of carbonyl (C=O) groups is 2. The summed E-state index contributed by atoms with van der Waals surface area (Å²) in [5.74, 6) is -0.878. The van der Waals surface area contributed by atoms with Crippen LogP contribution in [0.15, 0.2) is 42.5 Å². The number of nitrogens with one attached hydrogen (secondary N) is 1. The molecule has 0 spiro atoms. The van der Waals surface area contributed by atoms with Gasteiger partial charge in [0.05, 0.1) is 17.0 Å². The zero-order chi connectivity index (χ0) is 19.8. The van der Waals surface area contributed by atoms with Crippen molar-refractivity contribution in [2.24, 2.45) is 0 Å². The van der Waals surface area contributed by atoms with Crippen LogP contribution in [-0.2, 0) is 9.53 Å². The van der Waals surface area contributed by atoms with Crippen molar-refractivity contribution in [3.05, 3.63) is 63.2 Å². The van der Waals surface area contributed by atoms with Crippen LogP contribution in [0.5, 0.6) is 5.75 Å². The third-order valence-corrected chi connectivity index (χ3v) is 3.56. The Hall–Kier alpha value is -3.33. The Morgan fingerprint density at radius 1 is 1.19 bits per heavy atom. The Bertz CT molecular complexity index is 841. The largest absolute Gasteiger partial charge is 0.492 e. The smallest absolute Gasteiger partial charge is 0.341 e. The predicted octanol–water partition coefficient (Wildman–Crippen LogP) is 2.18. The molecule has 3 N–H and O–H groups in total. The van der Waals surface area contributed by atoms with Crippen molar-refractivity contribution in [1.29, 1.82) is 0 Å². The molecule has 0 aliphatic rings. The SMILES string of the molecule is Nc1ccc([N+](=O)[O-])cc1C(=O)OCC(=O)NCCOc1ccc(Cl)cc1. The third-order valence-electron chi connectivity index (χ3n) is 3.31. The number of nitro benzene ring substituents is 1. The molecule has 0 unspecified atom stereocenters. The van der Waals surface area contributed by atoms with Gasteiger partial charge >= 0.3 is 5.97 Å². The fourth-order valence-electron chi connectivity index (χ4n) is 1.98. The van der Waals surface area contributed by atoms with Crippen molar-refractivity contribution in [1.82, 2.24) is 5.32 Å². The van der Waals surface area contributed by atoms with E-state index in [4.69, 9.17) is 26.8 Å². The maximum absolute atomic E-state index is 11.9. The summed E-state index contributed by atoms with van der Waals surface area (Å²) in [5.41, 5.74) is 5.14. The molecule has 9 nitrogen and oxygen atoms in total. The number of nitro groups is 1. The number of nitrogens with two attached hydrogens (primary N) is 1. The zero-order valence-electron chi connectivity index (χ0n) is 14.0. The first-order valence-corrected chi connectivity index (χ1v) is 8.10. The molecule has 2 rings (SSSR count). The van der Waals surface area contributed by atoms with E-state index in [1.807, 2.05) is 0 Å². The van der Waals surface area contributed by atoms with Gasteiger partial charge in [-0.3, -0.25) is 14.9 Å². The molecular formula is C17H16ClN3O6. The van der Waals surface area contributed by atoms with Gasteiger partial charge in [-0.2, -0.15) is 0 Å². The van der Waals surface area contributed by atoms with E-state index in [9.17, 15) is 19.7 Å². The lowest BCUT2D eigenvalue weighted by Crippen LogP contribution is -2.32. The highest BCUT2D eigenvalue weighted by Crippen LogP contribution is 2.20. The molecule has 2 aromatic carbocycles. The Labute approximate surface area is 159 Å². The van der Waals surface area contributed by atoms with Crippen LogP contribution >= 0.6 is 11.6 Å². The Morgan fingerprint density at radius 2 is 1.89 bits per heavy atom. The minimum Gasteiger partial charge on any atom is -0.492 e. The van der Waals surface area contributed by atoms with Crippen LogP contribution in [0.3, 0.4) is 0 Å². The van der Waals surface area contributed by atoms with Crippen LogP contribution in [0, 0.1) is 10.1 Å². The fraction of sp³-hybridized carbons (Fsp3) is 0.176. The molecule has 10 heteroatoms. The average molecular weight is 394 g/mol. The Morgan fingerprint density at radius 3 is 2.56 bits per heavy atom.